The van der Waals surface area contributed by atoms with Gasteiger partial charge in [-0.25, -0.2) is 0 Å². The predicted octanol–water partition coefficient (Wildman–Crippen LogP) is 0.0906. The number of methoxy groups -OCH3 is 1. The van der Waals surface area contributed by atoms with E-state index in [1.54, 1.807) is 0 Å². The molecule has 0 radical (unpaired) electrons. The number of carboxylic acids is 1. The third kappa shape index (κ3) is 16.7. The SMILES string of the molecule is COC(=O)CCOCCOCCOCCOCCC(=O)O. The van der Waals surface area contributed by atoms with E-state index in [-0.39, 0.29) is 25.4 Å². The minimum atomic E-state index is -0.877. The normalized spacial score (nSPS) is 10.5. The van der Waals surface area contributed by atoms with E-state index in [2.05, 4.69) is 4.74 Å². The Morgan fingerprint density at radius 2 is 1.10 bits per heavy atom. The van der Waals surface area contributed by atoms with Gasteiger partial charge in [-0.15, -0.1) is 0 Å². The zero-order valence-electron chi connectivity index (χ0n) is 12.4. The van der Waals surface area contributed by atoms with Crippen LogP contribution in [0.4, 0.5) is 0 Å². The summed E-state index contributed by atoms with van der Waals surface area (Å²) >= 11 is 0. The van der Waals surface area contributed by atoms with Crippen molar-refractivity contribution in [3.8, 4) is 0 Å². The minimum absolute atomic E-state index is 0.000904. The summed E-state index contributed by atoms with van der Waals surface area (Å²) < 4.78 is 25.1. The van der Waals surface area contributed by atoms with Crippen LogP contribution in [0.1, 0.15) is 12.8 Å². The van der Waals surface area contributed by atoms with Gasteiger partial charge in [-0.3, -0.25) is 9.59 Å². The molecule has 1 N–H and O–H groups in total. The van der Waals surface area contributed by atoms with Crippen molar-refractivity contribution >= 4 is 11.9 Å². The van der Waals surface area contributed by atoms with Crippen molar-refractivity contribution in [2.75, 3.05) is 60.0 Å². The van der Waals surface area contributed by atoms with Crippen LogP contribution in [0.3, 0.4) is 0 Å². The molecule has 0 bridgehead atoms. The number of esters is 1. The summed E-state index contributed by atoms with van der Waals surface area (Å²) in [6.45, 7) is 3.00. The summed E-state index contributed by atoms with van der Waals surface area (Å²) in [5.74, 6) is -1.17. The molecule has 0 aromatic heterocycles. The van der Waals surface area contributed by atoms with Crippen LogP contribution >= 0.6 is 0 Å². The van der Waals surface area contributed by atoms with E-state index in [9.17, 15) is 9.59 Å². The van der Waals surface area contributed by atoms with Crippen molar-refractivity contribution in [2.45, 2.75) is 12.8 Å². The predicted molar refractivity (Wildman–Crippen MR) is 72.2 cm³/mol. The highest BCUT2D eigenvalue weighted by Gasteiger charge is 1.99. The molecule has 8 heteroatoms. The van der Waals surface area contributed by atoms with E-state index >= 15 is 0 Å². The van der Waals surface area contributed by atoms with Gasteiger partial charge in [0.25, 0.3) is 0 Å². The molecule has 0 aromatic carbocycles. The number of rotatable bonds is 15. The number of hydrogen-bond acceptors (Lipinski definition) is 7. The zero-order chi connectivity index (χ0) is 15.8. The van der Waals surface area contributed by atoms with Gasteiger partial charge in [0.05, 0.1) is 72.8 Å². The lowest BCUT2D eigenvalue weighted by atomic mass is 10.5. The number of carbonyl (C=O) groups excluding carboxylic acids is 1. The van der Waals surface area contributed by atoms with Gasteiger partial charge in [-0.05, 0) is 0 Å². The van der Waals surface area contributed by atoms with Crippen LogP contribution < -0.4 is 0 Å². The average Bonchev–Trinajstić information content (AvgIpc) is 2.46. The Hall–Kier alpha value is -1.22. The summed E-state index contributed by atoms with van der Waals surface area (Å²) in [7, 11) is 1.34. The van der Waals surface area contributed by atoms with Crippen molar-refractivity contribution < 1.29 is 38.4 Å². The molecule has 21 heavy (non-hydrogen) atoms. The summed E-state index contributed by atoms with van der Waals surface area (Å²) in [5, 5.41) is 8.37. The molecule has 0 spiro atoms. The maximum absolute atomic E-state index is 10.8. The molecule has 0 heterocycles. The monoisotopic (exact) mass is 308 g/mol. The molecule has 0 saturated heterocycles. The highest BCUT2D eigenvalue weighted by Crippen LogP contribution is 1.87. The summed E-state index contributed by atoms with van der Waals surface area (Å²) in [6.07, 6.45) is 0.237. The number of ether oxygens (including phenoxy) is 5. The molecular formula is C13H24O8. The summed E-state index contributed by atoms with van der Waals surface area (Å²) in [4.78, 5) is 20.9. The fraction of sp³-hybridized carbons (Fsp3) is 0.846. The highest BCUT2D eigenvalue weighted by atomic mass is 16.6. The van der Waals surface area contributed by atoms with Crippen LogP contribution in [0, 0.1) is 0 Å². The lowest BCUT2D eigenvalue weighted by molar-refractivity contribution is -0.142. The van der Waals surface area contributed by atoms with Crippen LogP contribution in [0.5, 0.6) is 0 Å². The molecule has 0 aromatic rings. The third-order valence-electron chi connectivity index (χ3n) is 2.25. The van der Waals surface area contributed by atoms with E-state index in [0.29, 0.717) is 46.2 Å². The Kier molecular flexibility index (Phi) is 14.3. The Morgan fingerprint density at radius 1 is 0.714 bits per heavy atom. The molecule has 0 atom stereocenters. The lowest BCUT2D eigenvalue weighted by Crippen LogP contribution is -2.13. The molecule has 0 rings (SSSR count). The Labute approximate surface area is 124 Å². The second-order valence-corrected chi connectivity index (χ2v) is 3.92. The smallest absolute Gasteiger partial charge is 0.307 e. The lowest BCUT2D eigenvalue weighted by Gasteiger charge is -2.07. The van der Waals surface area contributed by atoms with Crippen molar-refractivity contribution in [1.82, 2.24) is 0 Å². The minimum Gasteiger partial charge on any atom is -0.481 e. The van der Waals surface area contributed by atoms with Crippen LogP contribution in [-0.4, -0.2) is 77.0 Å². The topological polar surface area (TPSA) is 101 Å². The van der Waals surface area contributed by atoms with Crippen molar-refractivity contribution in [1.29, 1.82) is 0 Å². The molecule has 124 valence electrons. The molecule has 0 fully saturated rings. The Bertz CT molecular complexity index is 269. The van der Waals surface area contributed by atoms with Gasteiger partial charge >= 0.3 is 11.9 Å². The quantitative estimate of drug-likeness (QED) is 0.335. The first kappa shape index (κ1) is 19.8. The number of hydrogen-bond donors (Lipinski definition) is 1. The fourth-order valence-corrected chi connectivity index (χ4v) is 1.18. The Balaban J connectivity index is 3.02. The second kappa shape index (κ2) is 15.2. The van der Waals surface area contributed by atoms with Crippen molar-refractivity contribution in [2.24, 2.45) is 0 Å². The molecule has 0 aliphatic heterocycles. The van der Waals surface area contributed by atoms with Gasteiger partial charge < -0.3 is 28.8 Å². The van der Waals surface area contributed by atoms with Crippen LogP contribution in [-0.2, 0) is 33.3 Å². The van der Waals surface area contributed by atoms with E-state index in [1.807, 2.05) is 0 Å². The molecule has 0 saturated carbocycles. The molecule has 0 amide bonds. The Morgan fingerprint density at radius 3 is 1.48 bits per heavy atom. The molecule has 0 unspecified atom stereocenters. The van der Waals surface area contributed by atoms with Crippen molar-refractivity contribution in [3.05, 3.63) is 0 Å². The maximum Gasteiger partial charge on any atom is 0.307 e. The second-order valence-electron chi connectivity index (χ2n) is 3.92. The fourth-order valence-electron chi connectivity index (χ4n) is 1.18. The van der Waals surface area contributed by atoms with Gasteiger partial charge in [0.15, 0.2) is 0 Å². The molecule has 0 aliphatic rings. The van der Waals surface area contributed by atoms with E-state index < -0.39 is 5.97 Å². The van der Waals surface area contributed by atoms with Crippen molar-refractivity contribution in [3.63, 3.8) is 0 Å². The highest BCUT2D eigenvalue weighted by molar-refractivity contribution is 5.69. The number of aliphatic carboxylic acids is 1. The van der Waals surface area contributed by atoms with Gasteiger partial charge in [-0.2, -0.15) is 0 Å². The van der Waals surface area contributed by atoms with Gasteiger partial charge in [0, 0.05) is 0 Å². The number of carboxylic acid groups (broad SMARTS) is 1. The molecular weight excluding hydrogens is 284 g/mol. The zero-order valence-corrected chi connectivity index (χ0v) is 12.4. The first-order chi connectivity index (χ1) is 10.2. The molecule has 8 nitrogen and oxygen atoms in total. The van der Waals surface area contributed by atoms with Crippen LogP contribution in [0.2, 0.25) is 0 Å². The van der Waals surface area contributed by atoms with Gasteiger partial charge in [0.1, 0.15) is 0 Å². The third-order valence-corrected chi connectivity index (χ3v) is 2.25. The van der Waals surface area contributed by atoms with E-state index in [4.69, 9.17) is 24.1 Å². The average molecular weight is 308 g/mol. The van der Waals surface area contributed by atoms with Gasteiger partial charge in [-0.1, -0.05) is 0 Å². The maximum atomic E-state index is 10.8. The van der Waals surface area contributed by atoms with Crippen LogP contribution in [0.15, 0.2) is 0 Å². The summed E-state index contributed by atoms with van der Waals surface area (Å²) in [6, 6.07) is 0. The first-order valence-corrected chi connectivity index (χ1v) is 6.76. The van der Waals surface area contributed by atoms with E-state index in [1.165, 1.54) is 7.11 Å². The van der Waals surface area contributed by atoms with Crippen LogP contribution in [0.25, 0.3) is 0 Å². The first-order valence-electron chi connectivity index (χ1n) is 6.76. The largest absolute Gasteiger partial charge is 0.481 e. The molecule has 0 aliphatic carbocycles. The number of carbonyl (C=O) groups is 2. The van der Waals surface area contributed by atoms with E-state index in [0.717, 1.165) is 0 Å². The van der Waals surface area contributed by atoms with Gasteiger partial charge in [0.2, 0.25) is 0 Å². The standard InChI is InChI=1S/C13H24O8/c1-17-13(16)3-5-19-7-9-21-11-10-20-8-6-18-4-2-12(14)15/h2-11H2,1H3,(H,14,15). The summed E-state index contributed by atoms with van der Waals surface area (Å²) in [5.41, 5.74) is 0.